The minimum Gasteiger partial charge on any atom is -0.469 e. The van der Waals surface area contributed by atoms with Crippen LogP contribution in [0.25, 0.3) is 5.76 Å². The minimum absolute atomic E-state index is 0. The molecule has 0 bridgehead atoms. The van der Waals surface area contributed by atoms with Crippen molar-refractivity contribution in [2.45, 2.75) is 230 Å². The number of aryl methyl sites for hydroxylation is 12. The second kappa shape index (κ2) is 36.1. The van der Waals surface area contributed by atoms with E-state index in [9.17, 15) is 0 Å². The van der Waals surface area contributed by atoms with Crippen LogP contribution >= 0.6 is 0 Å². The SMILES string of the molecule is C.C.C.C.CC1=C(C)N(c2ccccc2C)C(c2c(C)cccc2C)O1.CC1=C(C2CCCC2)OC(c2c(C)cccc2C)N1c1ccccc1C.CC1=C(C2CCCCC2)OC(c2c(C)cccc2C)N1c1ccccc1C.CC1=C(c2ccccc2)OC(c2c(C)cccc2C)N1c1ccccc1C. The summed E-state index contributed by atoms with van der Waals surface area (Å²) in [7, 11) is 0. The zero-order valence-electron chi connectivity index (χ0n) is 63.8. The molecule has 106 heavy (non-hydrogen) atoms. The molecule has 9 aromatic carbocycles. The molecule has 0 spiro atoms. The highest BCUT2D eigenvalue weighted by atomic mass is 16.5. The Morgan fingerprint density at radius 2 is 0.481 bits per heavy atom. The molecule has 6 aliphatic rings. The Balaban J connectivity index is 0.000000177. The number of ether oxygens (including phenoxy) is 4. The van der Waals surface area contributed by atoms with Gasteiger partial charge in [-0.1, -0.05) is 238 Å². The van der Waals surface area contributed by atoms with Gasteiger partial charge in [-0.15, -0.1) is 0 Å². The highest BCUT2D eigenvalue weighted by Gasteiger charge is 2.42. The lowest BCUT2D eigenvalue weighted by atomic mass is 9.87. The van der Waals surface area contributed by atoms with E-state index in [0.29, 0.717) is 11.8 Å². The number of para-hydroxylation sites is 4. The summed E-state index contributed by atoms with van der Waals surface area (Å²) in [5, 5.41) is 0. The number of nitrogens with zero attached hydrogens (tertiary/aromatic N) is 4. The van der Waals surface area contributed by atoms with Crippen molar-refractivity contribution in [3.63, 3.8) is 0 Å². The first kappa shape index (κ1) is 82.0. The Morgan fingerprint density at radius 1 is 0.236 bits per heavy atom. The zero-order valence-corrected chi connectivity index (χ0v) is 63.8. The first-order chi connectivity index (χ1) is 49.2. The van der Waals surface area contributed by atoms with Gasteiger partial charge in [-0.25, -0.2) is 0 Å². The molecular weight excluding hydrogens is 1300 g/mol. The largest absolute Gasteiger partial charge is 0.469 e. The van der Waals surface area contributed by atoms with E-state index in [0.717, 1.165) is 22.8 Å². The van der Waals surface area contributed by atoms with Gasteiger partial charge in [0.15, 0.2) is 0 Å². The fourth-order valence-electron chi connectivity index (χ4n) is 16.7. The summed E-state index contributed by atoms with van der Waals surface area (Å²) in [6.07, 6.45) is 11.3. The van der Waals surface area contributed by atoms with Crippen molar-refractivity contribution in [3.05, 3.63) is 335 Å². The van der Waals surface area contributed by atoms with Gasteiger partial charge in [0.05, 0.1) is 22.8 Å². The number of anilines is 4. The monoisotopic (exact) mass is 1420 g/mol. The maximum atomic E-state index is 6.79. The highest BCUT2D eigenvalue weighted by Crippen LogP contribution is 2.52. The van der Waals surface area contributed by atoms with E-state index in [1.807, 2.05) is 13.0 Å². The maximum absolute atomic E-state index is 6.79. The predicted molar refractivity (Wildman–Crippen MR) is 452 cm³/mol. The number of rotatable bonds is 11. The van der Waals surface area contributed by atoms with Crippen molar-refractivity contribution in [2.75, 3.05) is 19.6 Å². The summed E-state index contributed by atoms with van der Waals surface area (Å²) in [6, 6.07) is 70.7. The van der Waals surface area contributed by atoms with Gasteiger partial charge in [0.25, 0.3) is 0 Å². The zero-order chi connectivity index (χ0) is 72.0. The maximum Gasteiger partial charge on any atom is 0.203 e. The molecule has 0 radical (unpaired) electrons. The van der Waals surface area contributed by atoms with Gasteiger partial charge in [0, 0.05) is 62.4 Å². The number of allylic oxidation sites excluding steroid dienone is 7. The first-order valence-corrected chi connectivity index (χ1v) is 37.4. The van der Waals surface area contributed by atoms with Crippen LogP contribution in [0.2, 0.25) is 0 Å². The first-order valence-electron chi connectivity index (χ1n) is 37.4. The van der Waals surface area contributed by atoms with Crippen LogP contribution in [-0.4, -0.2) is 0 Å². The summed E-state index contributed by atoms with van der Waals surface area (Å²) < 4.78 is 26.4. The lowest BCUT2D eigenvalue weighted by Crippen LogP contribution is -2.25. The molecule has 2 aliphatic carbocycles. The Kier molecular flexibility index (Phi) is 27.9. The smallest absolute Gasteiger partial charge is 0.203 e. The van der Waals surface area contributed by atoms with Gasteiger partial charge in [0.2, 0.25) is 24.9 Å². The third kappa shape index (κ3) is 16.8. The van der Waals surface area contributed by atoms with Gasteiger partial charge < -0.3 is 38.5 Å². The normalized spacial score (nSPS) is 18.3. The highest BCUT2D eigenvalue weighted by molar-refractivity contribution is 5.74. The van der Waals surface area contributed by atoms with E-state index >= 15 is 0 Å². The van der Waals surface area contributed by atoms with E-state index in [1.165, 1.54) is 198 Å². The molecule has 2 fully saturated rings. The second-order valence-electron chi connectivity index (χ2n) is 29.4. The molecular formula is C98H124N4O4. The molecule has 0 N–H and O–H groups in total. The number of hydrogen-bond acceptors (Lipinski definition) is 8. The van der Waals surface area contributed by atoms with Crippen molar-refractivity contribution in [1.82, 2.24) is 0 Å². The fraction of sp³-hybridized carbons (Fsp3) is 0.367. The molecule has 560 valence electrons. The molecule has 4 aliphatic heterocycles. The molecule has 8 heteroatoms. The lowest BCUT2D eigenvalue weighted by Gasteiger charge is -2.30. The van der Waals surface area contributed by atoms with Gasteiger partial charge in [0.1, 0.15) is 23.0 Å². The van der Waals surface area contributed by atoms with Gasteiger partial charge in [-0.05, 0) is 234 Å². The summed E-state index contributed by atoms with van der Waals surface area (Å²) in [5.41, 5.74) is 31.4. The quantitative estimate of drug-likeness (QED) is 0.127. The molecule has 2 saturated carbocycles. The van der Waals surface area contributed by atoms with E-state index in [4.69, 9.17) is 18.9 Å². The predicted octanol–water partition coefficient (Wildman–Crippen LogP) is 28.0. The molecule has 4 atom stereocenters. The molecule has 4 unspecified atom stereocenters. The number of hydrogen-bond donors (Lipinski definition) is 0. The Bertz CT molecular complexity index is 4540. The summed E-state index contributed by atoms with van der Waals surface area (Å²) in [6.45, 7) is 37.0. The van der Waals surface area contributed by atoms with Crippen LogP contribution in [-0.2, 0) is 18.9 Å². The Morgan fingerprint density at radius 3 is 0.792 bits per heavy atom. The lowest BCUT2D eigenvalue weighted by molar-refractivity contribution is 0.111. The van der Waals surface area contributed by atoms with Crippen molar-refractivity contribution < 1.29 is 18.9 Å². The average molecular weight is 1420 g/mol. The molecule has 0 amide bonds. The van der Waals surface area contributed by atoms with Gasteiger partial charge in [-0.3, -0.25) is 0 Å². The standard InChI is InChI=1S/C25H31NO.C25H25NO.C24H29NO.C20H23NO.4CH4/c2*1-17-11-8-9-16-22(17)26-20(4)24(21-14-6-5-7-15-21)27-25(26)23-18(2)12-10-13-19(23)3;1-16-10-5-8-15-21(16)25-19(4)23(20-13-6-7-14-20)26-24(25)22-17(2)11-9-12-18(22)3;1-13-9-6-7-12-18(13)21-16(4)17(5)22-20(21)19-14(2)10-8-11-15(19)3;;;;/h8-13,16,21,25H,5-7,14-15H2,1-4H3;5-16,25H,1-4H3;5,8-12,15,20,24H,6-7,13-14H2,1-4H3;6-12,20H,1-5H3;4*1H4. The van der Waals surface area contributed by atoms with Crippen LogP contribution in [0.15, 0.2) is 240 Å². The number of benzene rings is 9. The Labute approximate surface area is 640 Å². The summed E-state index contributed by atoms with van der Waals surface area (Å²) in [4.78, 5) is 9.53. The molecule has 4 heterocycles. The van der Waals surface area contributed by atoms with Crippen molar-refractivity contribution >= 4 is 28.5 Å². The summed E-state index contributed by atoms with van der Waals surface area (Å²) >= 11 is 0. The van der Waals surface area contributed by atoms with E-state index in [-0.39, 0.29) is 54.6 Å². The van der Waals surface area contributed by atoms with E-state index in [1.54, 1.807) is 0 Å². The molecule has 0 saturated heterocycles. The topological polar surface area (TPSA) is 49.9 Å². The van der Waals surface area contributed by atoms with Crippen molar-refractivity contribution in [1.29, 1.82) is 0 Å². The van der Waals surface area contributed by atoms with Crippen LogP contribution in [0.4, 0.5) is 22.7 Å². The fourth-order valence-corrected chi connectivity index (χ4v) is 16.7. The Hall–Kier alpha value is -9.66. The molecule has 9 aromatic rings. The summed E-state index contributed by atoms with van der Waals surface area (Å²) in [5.74, 6) is 5.54. The van der Waals surface area contributed by atoms with Crippen LogP contribution in [0.1, 0.15) is 242 Å². The van der Waals surface area contributed by atoms with Gasteiger partial charge >= 0.3 is 0 Å². The van der Waals surface area contributed by atoms with Crippen LogP contribution < -0.4 is 19.6 Å². The average Bonchev–Trinajstić information content (AvgIpc) is 1.62. The van der Waals surface area contributed by atoms with Gasteiger partial charge in [-0.2, -0.15) is 0 Å². The van der Waals surface area contributed by atoms with Crippen LogP contribution in [0.3, 0.4) is 0 Å². The van der Waals surface area contributed by atoms with Crippen molar-refractivity contribution in [3.8, 4) is 0 Å². The third-order valence-electron chi connectivity index (χ3n) is 22.3. The molecule has 8 nitrogen and oxygen atoms in total. The van der Waals surface area contributed by atoms with E-state index in [2.05, 4.69) is 325 Å². The van der Waals surface area contributed by atoms with E-state index < -0.39 is 0 Å². The minimum atomic E-state index is -0.164. The molecule has 15 rings (SSSR count). The van der Waals surface area contributed by atoms with Crippen LogP contribution in [0, 0.1) is 94.9 Å². The third-order valence-corrected chi connectivity index (χ3v) is 22.3. The second-order valence-corrected chi connectivity index (χ2v) is 29.4. The van der Waals surface area contributed by atoms with Crippen LogP contribution in [0.5, 0.6) is 0 Å². The molecule has 0 aromatic heterocycles. The van der Waals surface area contributed by atoms with Crippen molar-refractivity contribution in [2.24, 2.45) is 11.8 Å².